The molecule has 1 amide bonds. The van der Waals surface area contributed by atoms with Gasteiger partial charge in [0.15, 0.2) is 0 Å². The second-order valence-electron chi connectivity index (χ2n) is 4.19. The van der Waals surface area contributed by atoms with Crippen molar-refractivity contribution < 1.29 is 19.8 Å². The lowest BCUT2D eigenvalue weighted by Crippen LogP contribution is -2.50. The molecule has 1 aliphatic rings. The van der Waals surface area contributed by atoms with Gasteiger partial charge < -0.3 is 15.1 Å². The van der Waals surface area contributed by atoms with Crippen LogP contribution in [0, 0.1) is 5.92 Å². The lowest BCUT2D eigenvalue weighted by Gasteiger charge is -2.38. The molecule has 5 heteroatoms. The van der Waals surface area contributed by atoms with E-state index >= 15 is 0 Å². The van der Waals surface area contributed by atoms with Crippen molar-refractivity contribution in [3.63, 3.8) is 0 Å². The number of amides is 1. The zero-order valence-electron chi connectivity index (χ0n) is 9.17. The first-order chi connectivity index (χ1) is 8.08. The monoisotopic (exact) mass is 235 g/mol. The Hall–Kier alpha value is -2.04. The lowest BCUT2D eigenvalue weighted by atomic mass is 9.95. The molecule has 0 bridgehead atoms. The number of hydrogen-bond acceptors (Lipinski definition) is 3. The summed E-state index contributed by atoms with van der Waals surface area (Å²) in [6.45, 7) is 0.888. The van der Waals surface area contributed by atoms with E-state index in [1.54, 1.807) is 23.1 Å². The van der Waals surface area contributed by atoms with E-state index in [0.717, 1.165) is 0 Å². The molecule has 1 aliphatic heterocycles. The van der Waals surface area contributed by atoms with Crippen molar-refractivity contribution in [2.24, 2.45) is 5.92 Å². The first-order valence-corrected chi connectivity index (χ1v) is 5.37. The van der Waals surface area contributed by atoms with Crippen LogP contribution in [0.5, 0.6) is 5.75 Å². The number of likely N-dealkylation sites (tertiary alicyclic amines) is 1. The Labute approximate surface area is 98.3 Å². The van der Waals surface area contributed by atoms with E-state index in [9.17, 15) is 14.7 Å². The third-order valence-electron chi connectivity index (χ3n) is 2.84. The van der Waals surface area contributed by atoms with Gasteiger partial charge in [-0.1, -0.05) is 12.1 Å². The number of para-hydroxylation sites is 1. The number of benzene rings is 1. The molecule has 0 saturated carbocycles. The second kappa shape index (κ2) is 4.45. The van der Waals surface area contributed by atoms with E-state index in [0.29, 0.717) is 13.1 Å². The van der Waals surface area contributed by atoms with Crippen LogP contribution < -0.4 is 0 Å². The predicted molar refractivity (Wildman–Crippen MR) is 59.8 cm³/mol. The quantitative estimate of drug-likeness (QED) is 0.817. The van der Waals surface area contributed by atoms with Crippen LogP contribution in [0.15, 0.2) is 24.3 Å². The van der Waals surface area contributed by atoms with Gasteiger partial charge in [-0.3, -0.25) is 9.59 Å². The number of carboxylic acids is 1. The van der Waals surface area contributed by atoms with Crippen LogP contribution in [0.2, 0.25) is 0 Å². The third kappa shape index (κ3) is 2.38. The maximum absolute atomic E-state index is 11.9. The summed E-state index contributed by atoms with van der Waals surface area (Å²) in [6.07, 6.45) is 0.0878. The largest absolute Gasteiger partial charge is 0.507 e. The molecule has 0 aromatic heterocycles. The number of phenols is 1. The summed E-state index contributed by atoms with van der Waals surface area (Å²) in [5.74, 6) is -1.10. The predicted octanol–water partition coefficient (Wildman–Crippen LogP) is 0.939. The summed E-state index contributed by atoms with van der Waals surface area (Å²) >= 11 is 0. The van der Waals surface area contributed by atoms with Gasteiger partial charge in [-0.05, 0) is 12.1 Å². The van der Waals surface area contributed by atoms with Gasteiger partial charge in [0.2, 0.25) is 0 Å². The van der Waals surface area contributed by atoms with Crippen molar-refractivity contribution in [3.05, 3.63) is 29.8 Å². The Morgan fingerprint density at radius 1 is 1.29 bits per heavy atom. The topological polar surface area (TPSA) is 77.8 Å². The number of aromatic hydroxyl groups is 1. The van der Waals surface area contributed by atoms with Crippen molar-refractivity contribution in [3.8, 4) is 5.75 Å². The molecule has 17 heavy (non-hydrogen) atoms. The minimum absolute atomic E-state index is 0.0299. The molecule has 2 N–H and O–H groups in total. The number of rotatable bonds is 3. The first kappa shape index (κ1) is 11.4. The van der Waals surface area contributed by atoms with Gasteiger partial charge in [0.25, 0.3) is 5.91 Å². The highest BCUT2D eigenvalue weighted by Gasteiger charge is 2.33. The van der Waals surface area contributed by atoms with Crippen LogP contribution in [-0.2, 0) is 4.79 Å². The first-order valence-electron chi connectivity index (χ1n) is 5.37. The number of carbonyl (C=O) groups excluding carboxylic acids is 1. The van der Waals surface area contributed by atoms with Gasteiger partial charge in [0.1, 0.15) is 5.75 Å². The molecule has 1 heterocycles. The highest BCUT2D eigenvalue weighted by atomic mass is 16.4. The Balaban J connectivity index is 1.96. The molecule has 2 rings (SSSR count). The lowest BCUT2D eigenvalue weighted by molar-refractivity contribution is -0.139. The maximum atomic E-state index is 11.9. The fraction of sp³-hybridized carbons (Fsp3) is 0.333. The zero-order valence-corrected chi connectivity index (χ0v) is 9.17. The fourth-order valence-electron chi connectivity index (χ4n) is 1.94. The number of hydrogen-bond donors (Lipinski definition) is 2. The third-order valence-corrected chi connectivity index (χ3v) is 2.84. The SMILES string of the molecule is O=C(O)CC1CN(C(=O)c2ccccc2O)C1. The van der Waals surface area contributed by atoms with Crippen molar-refractivity contribution in [2.75, 3.05) is 13.1 Å². The van der Waals surface area contributed by atoms with Crippen LogP contribution in [0.25, 0.3) is 0 Å². The number of aliphatic carboxylic acids is 1. The van der Waals surface area contributed by atoms with Crippen molar-refractivity contribution in [2.45, 2.75) is 6.42 Å². The highest BCUT2D eigenvalue weighted by molar-refractivity contribution is 5.97. The smallest absolute Gasteiger partial charge is 0.303 e. The summed E-state index contributed by atoms with van der Waals surface area (Å²) in [7, 11) is 0. The molecule has 5 nitrogen and oxygen atoms in total. The molecule has 0 spiro atoms. The molecule has 0 atom stereocenters. The minimum atomic E-state index is -0.843. The van der Waals surface area contributed by atoms with E-state index in [4.69, 9.17) is 5.11 Å². The van der Waals surface area contributed by atoms with Crippen LogP contribution >= 0.6 is 0 Å². The standard InChI is InChI=1S/C12H13NO4/c14-10-4-2-1-3-9(10)12(17)13-6-8(7-13)5-11(15)16/h1-4,8,14H,5-7H2,(H,15,16). The summed E-state index contributed by atoms with van der Waals surface area (Å²) in [4.78, 5) is 23.9. The van der Waals surface area contributed by atoms with Crippen LogP contribution in [-0.4, -0.2) is 40.1 Å². The molecule has 1 aromatic rings. The normalized spacial score (nSPS) is 15.4. The van der Waals surface area contributed by atoms with Crippen molar-refractivity contribution in [1.82, 2.24) is 4.90 Å². The molecule has 1 fully saturated rings. The van der Waals surface area contributed by atoms with Gasteiger partial charge in [0, 0.05) is 19.0 Å². The number of carboxylic acid groups (broad SMARTS) is 1. The number of carbonyl (C=O) groups is 2. The minimum Gasteiger partial charge on any atom is -0.507 e. The van der Waals surface area contributed by atoms with Gasteiger partial charge >= 0.3 is 5.97 Å². The van der Waals surface area contributed by atoms with Crippen molar-refractivity contribution in [1.29, 1.82) is 0 Å². The van der Waals surface area contributed by atoms with Crippen LogP contribution in [0.1, 0.15) is 16.8 Å². The van der Waals surface area contributed by atoms with E-state index in [1.165, 1.54) is 6.07 Å². The molecular weight excluding hydrogens is 222 g/mol. The molecule has 0 unspecified atom stereocenters. The second-order valence-corrected chi connectivity index (χ2v) is 4.19. The average Bonchev–Trinajstić information content (AvgIpc) is 2.22. The van der Waals surface area contributed by atoms with Gasteiger partial charge in [-0.2, -0.15) is 0 Å². The van der Waals surface area contributed by atoms with E-state index in [2.05, 4.69) is 0 Å². The molecule has 1 aromatic carbocycles. The summed E-state index contributed by atoms with van der Waals surface area (Å²) < 4.78 is 0. The van der Waals surface area contributed by atoms with E-state index < -0.39 is 5.97 Å². The summed E-state index contributed by atoms with van der Waals surface area (Å²) in [5.41, 5.74) is 0.265. The Bertz CT molecular complexity index is 452. The number of phenolic OH excluding ortho intramolecular Hbond substituents is 1. The summed E-state index contributed by atoms with van der Waals surface area (Å²) in [5, 5.41) is 18.1. The number of nitrogens with zero attached hydrogens (tertiary/aromatic N) is 1. The van der Waals surface area contributed by atoms with Gasteiger partial charge in [-0.25, -0.2) is 0 Å². The van der Waals surface area contributed by atoms with Crippen LogP contribution in [0.4, 0.5) is 0 Å². The van der Waals surface area contributed by atoms with Crippen molar-refractivity contribution >= 4 is 11.9 Å². The van der Waals surface area contributed by atoms with Gasteiger partial charge in [0.05, 0.1) is 12.0 Å². The average molecular weight is 235 g/mol. The molecule has 1 saturated heterocycles. The van der Waals surface area contributed by atoms with E-state index in [1.807, 2.05) is 0 Å². The Morgan fingerprint density at radius 2 is 1.94 bits per heavy atom. The Morgan fingerprint density at radius 3 is 2.53 bits per heavy atom. The fourth-order valence-corrected chi connectivity index (χ4v) is 1.94. The Kier molecular flexibility index (Phi) is 2.99. The molecule has 0 aliphatic carbocycles. The summed E-state index contributed by atoms with van der Waals surface area (Å²) in [6, 6.07) is 6.35. The molecule has 0 radical (unpaired) electrons. The maximum Gasteiger partial charge on any atom is 0.303 e. The van der Waals surface area contributed by atoms with E-state index in [-0.39, 0.29) is 29.6 Å². The zero-order chi connectivity index (χ0) is 12.4. The van der Waals surface area contributed by atoms with Gasteiger partial charge in [-0.15, -0.1) is 0 Å². The van der Waals surface area contributed by atoms with Crippen LogP contribution in [0.3, 0.4) is 0 Å². The highest BCUT2D eigenvalue weighted by Crippen LogP contribution is 2.24. The molecular formula is C12H13NO4. The molecule has 90 valence electrons.